The van der Waals surface area contributed by atoms with Crippen LogP contribution in [0.3, 0.4) is 0 Å². The van der Waals surface area contributed by atoms with Crippen molar-refractivity contribution in [1.82, 2.24) is 5.32 Å². The van der Waals surface area contributed by atoms with Crippen LogP contribution in [0.25, 0.3) is 0 Å². The maximum absolute atomic E-state index is 3.40. The molecule has 0 atom stereocenters. The van der Waals surface area contributed by atoms with Crippen LogP contribution >= 0.6 is 44.3 Å². The molecule has 0 aromatic carbocycles. The Labute approximate surface area is 84.3 Å². The van der Waals surface area contributed by atoms with Gasteiger partial charge in [0.15, 0.2) is 0 Å². The highest BCUT2D eigenvalue weighted by molar-refractivity contribution is 9.28. The molecule has 1 aliphatic rings. The van der Waals surface area contributed by atoms with E-state index in [0.717, 1.165) is 16.5 Å². The molecular formula is C6H10Br2ClN. The average molecular weight is 291 g/mol. The fourth-order valence-electron chi connectivity index (χ4n) is 0.918. The molecule has 0 bridgehead atoms. The summed E-state index contributed by atoms with van der Waals surface area (Å²) in [6, 6.07) is 0. The minimum Gasteiger partial charge on any atom is -0.316 e. The van der Waals surface area contributed by atoms with Crippen molar-refractivity contribution < 1.29 is 0 Å². The summed E-state index contributed by atoms with van der Waals surface area (Å²) >= 11 is 6.81. The van der Waals surface area contributed by atoms with E-state index in [1.807, 2.05) is 0 Å². The average Bonchev–Trinajstić information content (AvgIpc) is 1.90. The Balaban J connectivity index is 0.000000810. The first-order chi connectivity index (χ1) is 4.30. The zero-order valence-electron chi connectivity index (χ0n) is 5.49. The van der Waals surface area contributed by atoms with E-state index in [1.165, 1.54) is 18.4 Å². The molecule has 0 saturated carbocycles. The van der Waals surface area contributed by atoms with Gasteiger partial charge in [0.1, 0.15) is 0 Å². The fourth-order valence-corrected chi connectivity index (χ4v) is 1.71. The molecule has 1 saturated heterocycles. The molecule has 60 valence electrons. The molecule has 1 rings (SSSR count). The van der Waals surface area contributed by atoms with Crippen molar-refractivity contribution in [3.8, 4) is 0 Å². The third-order valence-corrected chi connectivity index (χ3v) is 2.60. The molecule has 0 aliphatic carbocycles. The van der Waals surface area contributed by atoms with Gasteiger partial charge in [-0.2, -0.15) is 0 Å². The van der Waals surface area contributed by atoms with Crippen molar-refractivity contribution in [2.24, 2.45) is 0 Å². The van der Waals surface area contributed by atoms with Crippen LogP contribution in [0.15, 0.2) is 8.96 Å². The van der Waals surface area contributed by atoms with Crippen molar-refractivity contribution in [3.05, 3.63) is 8.96 Å². The first kappa shape index (κ1) is 11.0. The number of piperidine rings is 1. The Kier molecular flexibility index (Phi) is 6.11. The summed E-state index contributed by atoms with van der Waals surface area (Å²) in [6.45, 7) is 2.24. The summed E-state index contributed by atoms with van der Waals surface area (Å²) in [6.07, 6.45) is 2.34. The van der Waals surface area contributed by atoms with Gasteiger partial charge in [0.05, 0.1) is 3.39 Å². The molecule has 0 radical (unpaired) electrons. The SMILES string of the molecule is BrC(Br)=C1CCNCC1.Cl. The second-order valence-corrected chi connectivity index (χ2v) is 4.76. The van der Waals surface area contributed by atoms with E-state index in [-0.39, 0.29) is 12.4 Å². The highest BCUT2D eigenvalue weighted by Crippen LogP contribution is 2.24. The van der Waals surface area contributed by atoms with E-state index >= 15 is 0 Å². The lowest BCUT2D eigenvalue weighted by molar-refractivity contribution is 0.611. The lowest BCUT2D eigenvalue weighted by Crippen LogP contribution is -2.23. The minimum absolute atomic E-state index is 0. The van der Waals surface area contributed by atoms with Gasteiger partial charge in [0.2, 0.25) is 0 Å². The van der Waals surface area contributed by atoms with Crippen LogP contribution in [0.1, 0.15) is 12.8 Å². The molecule has 1 nitrogen and oxygen atoms in total. The first-order valence-corrected chi connectivity index (χ1v) is 4.63. The van der Waals surface area contributed by atoms with Gasteiger partial charge >= 0.3 is 0 Å². The Morgan fingerprint density at radius 2 is 1.70 bits per heavy atom. The third-order valence-electron chi connectivity index (χ3n) is 1.47. The van der Waals surface area contributed by atoms with Crippen molar-refractivity contribution in [2.75, 3.05) is 13.1 Å². The molecule has 1 N–H and O–H groups in total. The summed E-state index contributed by atoms with van der Waals surface area (Å²) in [7, 11) is 0. The molecule has 0 unspecified atom stereocenters. The molecule has 0 amide bonds. The summed E-state index contributed by atoms with van der Waals surface area (Å²) in [4.78, 5) is 0. The summed E-state index contributed by atoms with van der Waals surface area (Å²) in [5, 5.41) is 3.29. The second-order valence-electron chi connectivity index (χ2n) is 2.11. The van der Waals surface area contributed by atoms with Crippen LogP contribution in [-0.4, -0.2) is 13.1 Å². The van der Waals surface area contributed by atoms with Gasteiger partial charge < -0.3 is 5.32 Å². The molecule has 0 spiro atoms. The van der Waals surface area contributed by atoms with Crippen LogP contribution in [0.2, 0.25) is 0 Å². The number of hydrogen-bond acceptors (Lipinski definition) is 1. The third kappa shape index (κ3) is 3.37. The molecule has 0 aromatic rings. The van der Waals surface area contributed by atoms with E-state index in [0.29, 0.717) is 0 Å². The van der Waals surface area contributed by atoms with E-state index in [2.05, 4.69) is 37.2 Å². The van der Waals surface area contributed by atoms with E-state index < -0.39 is 0 Å². The van der Waals surface area contributed by atoms with Crippen molar-refractivity contribution in [3.63, 3.8) is 0 Å². The van der Waals surface area contributed by atoms with Gasteiger partial charge in [-0.1, -0.05) is 0 Å². The Bertz CT molecular complexity index is 124. The van der Waals surface area contributed by atoms with Gasteiger partial charge in [-0.05, 0) is 63.4 Å². The zero-order chi connectivity index (χ0) is 6.69. The van der Waals surface area contributed by atoms with Crippen LogP contribution < -0.4 is 5.32 Å². The molecule has 10 heavy (non-hydrogen) atoms. The highest BCUT2D eigenvalue weighted by atomic mass is 79.9. The lowest BCUT2D eigenvalue weighted by atomic mass is 10.1. The monoisotopic (exact) mass is 289 g/mol. The summed E-state index contributed by atoms with van der Waals surface area (Å²) < 4.78 is 1.15. The van der Waals surface area contributed by atoms with Crippen molar-refractivity contribution in [1.29, 1.82) is 0 Å². The zero-order valence-corrected chi connectivity index (χ0v) is 9.48. The largest absolute Gasteiger partial charge is 0.316 e. The van der Waals surface area contributed by atoms with E-state index in [4.69, 9.17) is 0 Å². The van der Waals surface area contributed by atoms with Crippen molar-refractivity contribution >= 4 is 44.3 Å². The van der Waals surface area contributed by atoms with Crippen LogP contribution in [-0.2, 0) is 0 Å². The molecule has 1 fully saturated rings. The Hall–Kier alpha value is 0.950. The quantitative estimate of drug-likeness (QED) is 0.724. The predicted molar refractivity (Wildman–Crippen MR) is 54.2 cm³/mol. The maximum Gasteiger partial charge on any atom is 0.0597 e. The number of hydrogen-bond donors (Lipinski definition) is 1. The molecule has 1 aliphatic heterocycles. The van der Waals surface area contributed by atoms with Crippen LogP contribution in [0.4, 0.5) is 0 Å². The smallest absolute Gasteiger partial charge is 0.0597 e. The summed E-state index contributed by atoms with van der Waals surface area (Å²) in [5.41, 5.74) is 1.49. The maximum atomic E-state index is 3.40. The number of nitrogens with one attached hydrogen (secondary N) is 1. The molecular weight excluding hydrogens is 281 g/mol. The minimum atomic E-state index is 0. The topological polar surface area (TPSA) is 12.0 Å². The summed E-state index contributed by atoms with van der Waals surface area (Å²) in [5.74, 6) is 0. The number of halogens is 3. The van der Waals surface area contributed by atoms with Gasteiger partial charge in [-0.3, -0.25) is 0 Å². The Morgan fingerprint density at radius 1 is 1.20 bits per heavy atom. The lowest BCUT2D eigenvalue weighted by Gasteiger charge is -2.14. The van der Waals surface area contributed by atoms with E-state index in [9.17, 15) is 0 Å². The Morgan fingerprint density at radius 3 is 2.00 bits per heavy atom. The predicted octanol–water partition coefficient (Wildman–Crippen LogP) is 2.79. The van der Waals surface area contributed by atoms with Gasteiger partial charge in [-0.25, -0.2) is 0 Å². The van der Waals surface area contributed by atoms with Gasteiger partial charge in [0, 0.05) is 0 Å². The van der Waals surface area contributed by atoms with Crippen molar-refractivity contribution in [2.45, 2.75) is 12.8 Å². The molecule has 4 heteroatoms. The van der Waals surface area contributed by atoms with Gasteiger partial charge in [-0.15, -0.1) is 12.4 Å². The molecule has 1 heterocycles. The van der Waals surface area contributed by atoms with Crippen LogP contribution in [0, 0.1) is 0 Å². The normalized spacial score (nSPS) is 18.0. The second kappa shape index (κ2) is 5.58. The van der Waals surface area contributed by atoms with E-state index in [1.54, 1.807) is 0 Å². The molecule has 0 aromatic heterocycles. The van der Waals surface area contributed by atoms with Crippen LogP contribution in [0.5, 0.6) is 0 Å². The first-order valence-electron chi connectivity index (χ1n) is 3.04. The van der Waals surface area contributed by atoms with Gasteiger partial charge in [0.25, 0.3) is 0 Å². The number of rotatable bonds is 0. The fraction of sp³-hybridized carbons (Fsp3) is 0.667. The standard InChI is InChI=1S/C6H9Br2N.ClH/c7-6(8)5-1-3-9-4-2-5;/h9H,1-4H2;1H. The highest BCUT2D eigenvalue weighted by Gasteiger charge is 2.06.